The molecule has 1 rings (SSSR count). The lowest BCUT2D eigenvalue weighted by molar-refractivity contribution is 0.468. The molecule has 1 nitrogen and oxygen atoms in total. The molecule has 0 aliphatic heterocycles. The first-order valence-electron chi connectivity index (χ1n) is 12.1. The minimum atomic E-state index is 0.227. The van der Waals surface area contributed by atoms with Gasteiger partial charge in [-0.2, -0.15) is 0 Å². The van der Waals surface area contributed by atoms with Crippen molar-refractivity contribution in [3.05, 3.63) is 0 Å². The van der Waals surface area contributed by atoms with Gasteiger partial charge in [-0.25, -0.2) is 0 Å². The summed E-state index contributed by atoms with van der Waals surface area (Å²) < 4.78 is 0. The van der Waals surface area contributed by atoms with Crippen LogP contribution in [-0.2, 0) is 0 Å². The number of rotatable bonds is 0. The SMILES string of the molecule is [NH]C1CCCCCCCCCCCCCCCCCCCCCCC1. The van der Waals surface area contributed by atoms with Gasteiger partial charge < -0.3 is 0 Å². The van der Waals surface area contributed by atoms with Crippen molar-refractivity contribution in [3.63, 3.8) is 0 Å². The smallest absolute Gasteiger partial charge is 0.0213 e. The van der Waals surface area contributed by atoms with Gasteiger partial charge in [0.2, 0.25) is 0 Å². The Kier molecular flexibility index (Phi) is 17.2. The van der Waals surface area contributed by atoms with Gasteiger partial charge in [-0.15, -0.1) is 0 Å². The first kappa shape index (κ1) is 23.0. The molecule has 1 fully saturated rings. The quantitative estimate of drug-likeness (QED) is 0.417. The average molecular weight is 351 g/mol. The lowest BCUT2D eigenvalue weighted by atomic mass is 9.99. The average Bonchev–Trinajstić information content (AvgIpc) is 2.61. The second-order valence-corrected chi connectivity index (χ2v) is 8.70. The van der Waals surface area contributed by atoms with Crippen molar-refractivity contribution in [2.24, 2.45) is 0 Å². The van der Waals surface area contributed by atoms with E-state index in [-0.39, 0.29) is 6.04 Å². The highest BCUT2D eigenvalue weighted by Crippen LogP contribution is 2.17. The van der Waals surface area contributed by atoms with Crippen LogP contribution in [0.2, 0.25) is 0 Å². The zero-order valence-corrected chi connectivity index (χ0v) is 17.3. The lowest BCUT2D eigenvalue weighted by Gasteiger charge is -2.10. The molecule has 0 spiro atoms. The van der Waals surface area contributed by atoms with E-state index in [9.17, 15) is 0 Å². The van der Waals surface area contributed by atoms with Crippen molar-refractivity contribution in [2.45, 2.75) is 154 Å². The number of hydrogen-bond donors (Lipinski definition) is 0. The summed E-state index contributed by atoms with van der Waals surface area (Å²) in [6, 6.07) is 0.227. The minimum absolute atomic E-state index is 0.227. The van der Waals surface area contributed by atoms with E-state index in [1.54, 1.807) is 0 Å². The van der Waals surface area contributed by atoms with Gasteiger partial charge >= 0.3 is 0 Å². The lowest BCUT2D eigenvalue weighted by Crippen LogP contribution is -2.08. The molecular weight excluding hydrogens is 302 g/mol. The minimum Gasteiger partial charge on any atom is -0.255 e. The molecule has 149 valence electrons. The summed E-state index contributed by atoms with van der Waals surface area (Å²) in [5.74, 6) is 0. The van der Waals surface area contributed by atoms with Crippen LogP contribution < -0.4 is 5.73 Å². The molecule has 0 aromatic rings. The highest BCUT2D eigenvalue weighted by Gasteiger charge is 2.03. The van der Waals surface area contributed by atoms with Crippen molar-refractivity contribution in [3.8, 4) is 0 Å². The Hall–Kier alpha value is -0.0400. The number of hydrogen-bond acceptors (Lipinski definition) is 0. The van der Waals surface area contributed by atoms with E-state index in [1.807, 2.05) is 0 Å². The monoisotopic (exact) mass is 350 g/mol. The second kappa shape index (κ2) is 18.7. The Morgan fingerprint density at radius 2 is 0.440 bits per heavy atom. The van der Waals surface area contributed by atoms with Crippen molar-refractivity contribution in [1.29, 1.82) is 0 Å². The van der Waals surface area contributed by atoms with E-state index in [4.69, 9.17) is 5.73 Å². The highest BCUT2D eigenvalue weighted by atomic mass is 14.6. The number of nitrogens with one attached hydrogen (secondary N) is 1. The molecule has 0 bridgehead atoms. The van der Waals surface area contributed by atoms with Crippen molar-refractivity contribution in [2.75, 3.05) is 0 Å². The first-order chi connectivity index (χ1) is 12.4. The van der Waals surface area contributed by atoms with Crippen LogP contribution in [-0.4, -0.2) is 6.04 Å². The summed E-state index contributed by atoms with van der Waals surface area (Å²) in [7, 11) is 0. The Bertz CT molecular complexity index is 226. The standard InChI is InChI=1S/C24H48N/c25-24-22-20-18-16-14-12-10-8-6-4-2-1-3-5-7-9-11-13-15-17-19-21-23-24/h24-25H,1-23H2. The molecule has 1 heteroatoms. The summed E-state index contributed by atoms with van der Waals surface area (Å²) in [5, 5.41) is 0. The van der Waals surface area contributed by atoms with Crippen molar-refractivity contribution in [1.82, 2.24) is 5.73 Å². The van der Waals surface area contributed by atoms with Crippen LogP contribution in [0.3, 0.4) is 0 Å². The molecule has 0 unspecified atom stereocenters. The summed E-state index contributed by atoms with van der Waals surface area (Å²) in [4.78, 5) is 0. The first-order valence-corrected chi connectivity index (χ1v) is 12.1. The zero-order valence-electron chi connectivity index (χ0n) is 17.3. The molecule has 0 saturated heterocycles. The summed E-state index contributed by atoms with van der Waals surface area (Å²) in [6.45, 7) is 0. The predicted octanol–water partition coefficient (Wildman–Crippen LogP) is 8.62. The van der Waals surface area contributed by atoms with Crippen LogP contribution in [0.25, 0.3) is 0 Å². The molecule has 0 amide bonds. The Morgan fingerprint density at radius 3 is 0.640 bits per heavy atom. The second-order valence-electron chi connectivity index (χ2n) is 8.70. The van der Waals surface area contributed by atoms with Crippen LogP contribution in [0.4, 0.5) is 0 Å². The van der Waals surface area contributed by atoms with E-state index in [0.717, 1.165) is 12.8 Å². The molecule has 0 heterocycles. The van der Waals surface area contributed by atoms with Crippen LogP contribution in [0.5, 0.6) is 0 Å². The molecule has 0 aromatic heterocycles. The molecule has 25 heavy (non-hydrogen) atoms. The molecular formula is C24H48N. The van der Waals surface area contributed by atoms with Gasteiger partial charge in [0, 0.05) is 6.04 Å². The highest BCUT2D eigenvalue weighted by molar-refractivity contribution is 4.61. The third-order valence-corrected chi connectivity index (χ3v) is 6.11. The molecule has 0 aromatic carbocycles. The molecule has 1 aliphatic carbocycles. The molecule has 0 atom stereocenters. The predicted molar refractivity (Wildman–Crippen MR) is 113 cm³/mol. The van der Waals surface area contributed by atoms with Gasteiger partial charge in [-0.05, 0) is 12.8 Å². The molecule has 1 N–H and O–H groups in total. The Labute approximate surface area is 159 Å². The van der Waals surface area contributed by atoms with Gasteiger partial charge in [-0.1, -0.05) is 135 Å². The van der Waals surface area contributed by atoms with Gasteiger partial charge in [0.1, 0.15) is 0 Å². The van der Waals surface area contributed by atoms with Crippen LogP contribution in [0.1, 0.15) is 148 Å². The van der Waals surface area contributed by atoms with Crippen LogP contribution >= 0.6 is 0 Å². The van der Waals surface area contributed by atoms with Crippen LogP contribution in [0.15, 0.2) is 0 Å². The fourth-order valence-electron chi connectivity index (χ4n) is 4.28. The zero-order chi connectivity index (χ0) is 17.8. The molecule has 1 radical (unpaired) electrons. The molecule has 1 aliphatic rings. The van der Waals surface area contributed by atoms with Gasteiger partial charge in [0.15, 0.2) is 0 Å². The molecule has 1 saturated carbocycles. The summed E-state index contributed by atoms with van der Waals surface area (Å²) in [6.07, 6.45) is 32.4. The third kappa shape index (κ3) is 17.1. The van der Waals surface area contributed by atoms with Crippen LogP contribution in [0, 0.1) is 0 Å². The van der Waals surface area contributed by atoms with E-state index in [1.165, 1.54) is 135 Å². The van der Waals surface area contributed by atoms with E-state index in [2.05, 4.69) is 0 Å². The Morgan fingerprint density at radius 1 is 0.280 bits per heavy atom. The topological polar surface area (TPSA) is 23.8 Å². The largest absolute Gasteiger partial charge is 0.255 e. The maximum atomic E-state index is 8.18. The fraction of sp³-hybridized carbons (Fsp3) is 1.00. The van der Waals surface area contributed by atoms with Crippen molar-refractivity contribution < 1.29 is 0 Å². The Balaban J connectivity index is 2.07. The maximum Gasteiger partial charge on any atom is 0.0213 e. The fourth-order valence-corrected chi connectivity index (χ4v) is 4.28. The van der Waals surface area contributed by atoms with Gasteiger partial charge in [0.25, 0.3) is 0 Å². The summed E-state index contributed by atoms with van der Waals surface area (Å²) in [5.41, 5.74) is 8.18. The van der Waals surface area contributed by atoms with Crippen molar-refractivity contribution >= 4 is 0 Å². The third-order valence-electron chi connectivity index (χ3n) is 6.11. The van der Waals surface area contributed by atoms with E-state index in [0.29, 0.717) is 0 Å². The van der Waals surface area contributed by atoms with E-state index < -0.39 is 0 Å². The van der Waals surface area contributed by atoms with Gasteiger partial charge in [0.05, 0.1) is 0 Å². The normalized spacial score (nSPS) is 24.4. The van der Waals surface area contributed by atoms with E-state index >= 15 is 0 Å². The summed E-state index contributed by atoms with van der Waals surface area (Å²) >= 11 is 0. The maximum absolute atomic E-state index is 8.18. The van der Waals surface area contributed by atoms with Gasteiger partial charge in [-0.3, -0.25) is 5.73 Å².